The summed E-state index contributed by atoms with van der Waals surface area (Å²) in [5.74, 6) is 3.24. The Balaban J connectivity index is 1.15. The first-order valence-electron chi connectivity index (χ1n) is 20.8. The van der Waals surface area contributed by atoms with Crippen molar-refractivity contribution in [2.75, 3.05) is 4.90 Å². The Kier molecular flexibility index (Phi) is 9.58. The van der Waals surface area contributed by atoms with E-state index in [4.69, 9.17) is 6.42 Å². The summed E-state index contributed by atoms with van der Waals surface area (Å²) in [7, 11) is 0. The summed E-state index contributed by atoms with van der Waals surface area (Å²) in [6, 6.07) is 59.5. The van der Waals surface area contributed by atoms with E-state index in [1.165, 1.54) is 44.4 Å². The van der Waals surface area contributed by atoms with E-state index in [-0.39, 0.29) is 0 Å². The van der Waals surface area contributed by atoms with Gasteiger partial charge in [-0.3, -0.25) is 0 Å². The van der Waals surface area contributed by atoms with Crippen molar-refractivity contribution in [1.82, 2.24) is 0 Å². The van der Waals surface area contributed by atoms with Crippen molar-refractivity contribution in [3.05, 3.63) is 225 Å². The molecule has 8 aromatic rings. The summed E-state index contributed by atoms with van der Waals surface area (Å²) < 4.78 is 0. The van der Waals surface area contributed by atoms with Gasteiger partial charge in [0.15, 0.2) is 0 Å². The molecule has 0 saturated carbocycles. The van der Waals surface area contributed by atoms with Gasteiger partial charge in [-0.2, -0.15) is 0 Å². The zero-order valence-electron chi connectivity index (χ0n) is 34.0. The predicted molar refractivity (Wildman–Crippen MR) is 256 cm³/mol. The van der Waals surface area contributed by atoms with E-state index in [1.54, 1.807) is 0 Å². The average Bonchev–Trinajstić information content (AvgIpc) is 3.48. The van der Waals surface area contributed by atoms with Crippen LogP contribution in [0.2, 0.25) is 0 Å². The van der Waals surface area contributed by atoms with Gasteiger partial charge in [0, 0.05) is 29.1 Å². The van der Waals surface area contributed by atoms with E-state index >= 15 is 0 Å². The van der Waals surface area contributed by atoms with Gasteiger partial charge in [-0.25, -0.2) is 0 Å². The third-order valence-corrected chi connectivity index (χ3v) is 12.3. The highest BCUT2D eigenvalue weighted by Crippen LogP contribution is 2.45. The summed E-state index contributed by atoms with van der Waals surface area (Å²) in [5, 5.41) is 4.69. The molecule has 0 fully saturated rings. The number of hydrogen-bond donors (Lipinski definition) is 0. The maximum absolute atomic E-state index is 6.68. The van der Waals surface area contributed by atoms with Crippen LogP contribution in [0.4, 0.5) is 5.69 Å². The van der Waals surface area contributed by atoms with Gasteiger partial charge in [0.05, 0.1) is 0 Å². The molecule has 1 aliphatic carbocycles. The number of para-hydroxylation sites is 1. The second kappa shape index (κ2) is 15.6. The standard InChI is InChI=1S/C59H43N/c1-4-41-36-48-21-13-14-22-51(48)39-60(52-23-7-6-8-24-52)59(41)45-31-27-42(28-32-45)40(3)35-56-53(5-2)57(49-33-29-43-17-9-11-19-46(43)37-49)54-25-15-16-26-55(54)58(56)50-34-30-44-18-10-12-20-47(44)38-50/h2,6-9,11,13-35,37-38H,4,36,39H2,1,3H3/b40-35+. The Labute approximate surface area is 353 Å². The van der Waals surface area contributed by atoms with Gasteiger partial charge >= 0.3 is 0 Å². The minimum Gasteiger partial charge on any atom is -0.337 e. The lowest BCUT2D eigenvalue weighted by Gasteiger charge is -2.29. The number of benzene rings is 8. The van der Waals surface area contributed by atoms with Crippen molar-refractivity contribution in [2.24, 2.45) is 0 Å². The van der Waals surface area contributed by atoms with Gasteiger partial charge in [-0.1, -0.05) is 164 Å². The maximum atomic E-state index is 6.68. The van der Waals surface area contributed by atoms with Crippen molar-refractivity contribution >= 4 is 56.7 Å². The summed E-state index contributed by atoms with van der Waals surface area (Å²) in [5.41, 5.74) is 25.1. The van der Waals surface area contributed by atoms with E-state index < -0.39 is 0 Å². The van der Waals surface area contributed by atoms with E-state index in [9.17, 15) is 0 Å². The lowest BCUT2D eigenvalue weighted by molar-refractivity contribution is 0.978. The normalized spacial score (nSPS) is 13.3. The molecule has 0 radical (unpaired) electrons. The van der Waals surface area contributed by atoms with Crippen LogP contribution in [0.25, 0.3) is 73.3 Å². The molecule has 0 N–H and O–H groups in total. The van der Waals surface area contributed by atoms with Crippen molar-refractivity contribution in [2.45, 2.75) is 33.2 Å². The minimum atomic E-state index is 0.823. The molecule has 0 atom stereocenters. The molecule has 0 unspecified atom stereocenters. The van der Waals surface area contributed by atoms with Crippen LogP contribution in [-0.4, -0.2) is 0 Å². The fourth-order valence-electron chi connectivity index (χ4n) is 9.24. The van der Waals surface area contributed by atoms with Crippen molar-refractivity contribution in [1.29, 1.82) is 0 Å². The fraction of sp³-hybridized carbons (Fsp3) is 0.0847. The summed E-state index contributed by atoms with van der Waals surface area (Å²) in [6.07, 6.45) is 14.9. The lowest BCUT2D eigenvalue weighted by Crippen LogP contribution is -2.21. The van der Waals surface area contributed by atoms with E-state index in [2.05, 4.69) is 206 Å². The molecule has 8 aromatic carbocycles. The predicted octanol–water partition coefficient (Wildman–Crippen LogP) is 15.0. The summed E-state index contributed by atoms with van der Waals surface area (Å²) in [6.45, 7) is 5.32. The number of hydrogen-bond acceptors (Lipinski definition) is 1. The van der Waals surface area contributed by atoms with Crippen LogP contribution in [0.5, 0.6) is 0 Å². The number of rotatable bonds is 7. The molecule has 0 aromatic heterocycles. The van der Waals surface area contributed by atoms with Crippen LogP contribution < -0.4 is 4.90 Å². The van der Waals surface area contributed by atoms with E-state index in [0.29, 0.717) is 0 Å². The largest absolute Gasteiger partial charge is 0.337 e. The third-order valence-electron chi connectivity index (χ3n) is 12.3. The molecule has 0 saturated heterocycles. The van der Waals surface area contributed by atoms with Gasteiger partial charge in [-0.15, -0.1) is 6.42 Å². The highest BCUT2D eigenvalue weighted by atomic mass is 15.1. The molecule has 10 rings (SSSR count). The lowest BCUT2D eigenvalue weighted by atomic mass is 9.82. The first-order valence-corrected chi connectivity index (χ1v) is 20.8. The molecule has 284 valence electrons. The molecule has 1 heteroatoms. The van der Waals surface area contributed by atoms with Crippen LogP contribution >= 0.6 is 0 Å². The number of fused-ring (bicyclic) bond motifs is 4. The molecule has 0 amide bonds. The van der Waals surface area contributed by atoms with Crippen LogP contribution in [-0.2, 0) is 13.0 Å². The molecule has 2 aliphatic rings. The van der Waals surface area contributed by atoms with Gasteiger partial charge in [-0.05, 0) is 151 Å². The molecule has 0 bridgehead atoms. The zero-order chi connectivity index (χ0) is 40.6. The zero-order valence-corrected chi connectivity index (χ0v) is 34.0. The van der Waals surface area contributed by atoms with Gasteiger partial charge in [0.1, 0.15) is 0 Å². The SMILES string of the molecule is C#Cc1c(/C=C(\C)c2ccc(C3=C(CC)Cc4ccccc4CN3c3ccccc3)cc2)c(-c2ccc3c(c2)C=C=C=C3)c2ccccc2c1-c1ccc2ccccc2c1. The third kappa shape index (κ3) is 6.62. The number of terminal acetylenes is 1. The highest BCUT2D eigenvalue weighted by molar-refractivity contribution is 6.12. The van der Waals surface area contributed by atoms with Gasteiger partial charge < -0.3 is 4.90 Å². The summed E-state index contributed by atoms with van der Waals surface area (Å²) in [4.78, 5) is 2.51. The number of anilines is 1. The van der Waals surface area contributed by atoms with Crippen molar-refractivity contribution in [3.8, 4) is 34.6 Å². The Morgan fingerprint density at radius 2 is 1.27 bits per heavy atom. The molecular formula is C59H43N. The monoisotopic (exact) mass is 765 g/mol. The molecule has 60 heavy (non-hydrogen) atoms. The number of allylic oxidation sites excluding steroid dienone is 2. The topological polar surface area (TPSA) is 3.24 Å². The molecular weight excluding hydrogens is 723 g/mol. The smallest absolute Gasteiger partial charge is 0.0484 e. The van der Waals surface area contributed by atoms with Gasteiger partial charge in [0.2, 0.25) is 0 Å². The Morgan fingerprint density at radius 3 is 2.03 bits per heavy atom. The quantitative estimate of drug-likeness (QED) is 0.0887. The van der Waals surface area contributed by atoms with E-state index in [1.807, 2.05) is 12.2 Å². The second-order valence-electron chi connectivity index (χ2n) is 15.8. The summed E-state index contributed by atoms with van der Waals surface area (Å²) >= 11 is 0. The van der Waals surface area contributed by atoms with Crippen LogP contribution in [0.15, 0.2) is 181 Å². The molecule has 1 heterocycles. The maximum Gasteiger partial charge on any atom is 0.0484 e. The first kappa shape index (κ1) is 36.7. The van der Waals surface area contributed by atoms with Gasteiger partial charge in [0.25, 0.3) is 0 Å². The highest BCUT2D eigenvalue weighted by Gasteiger charge is 2.25. The van der Waals surface area contributed by atoms with Crippen LogP contribution in [0, 0.1) is 12.3 Å². The van der Waals surface area contributed by atoms with Crippen molar-refractivity contribution < 1.29 is 0 Å². The molecule has 1 nitrogen and oxygen atoms in total. The number of nitrogens with zero attached hydrogens (tertiary/aromatic N) is 1. The first-order chi connectivity index (χ1) is 29.6. The second-order valence-corrected chi connectivity index (χ2v) is 15.8. The Morgan fingerprint density at radius 1 is 0.633 bits per heavy atom. The van der Waals surface area contributed by atoms with Crippen LogP contribution in [0.1, 0.15) is 64.8 Å². The Hall–Kier alpha value is -7.58. The molecule has 1 aliphatic heterocycles. The average molecular weight is 766 g/mol. The van der Waals surface area contributed by atoms with Crippen LogP contribution in [0.3, 0.4) is 0 Å². The van der Waals surface area contributed by atoms with Crippen molar-refractivity contribution in [3.63, 3.8) is 0 Å². The van der Waals surface area contributed by atoms with E-state index in [0.717, 1.165) is 85.8 Å². The minimum absolute atomic E-state index is 0.823. The Bertz CT molecular complexity index is 3210. The fourth-order valence-corrected chi connectivity index (χ4v) is 9.24. The molecule has 0 spiro atoms.